The lowest BCUT2D eigenvalue weighted by atomic mass is 9.82. The van der Waals surface area contributed by atoms with Crippen molar-refractivity contribution in [2.75, 3.05) is 13.7 Å². The van der Waals surface area contributed by atoms with E-state index in [1.165, 1.54) is 13.2 Å². The molecule has 19 heavy (non-hydrogen) atoms. The van der Waals surface area contributed by atoms with Gasteiger partial charge in [0, 0.05) is 18.2 Å². The van der Waals surface area contributed by atoms with E-state index in [1.807, 2.05) is 27.7 Å². The first-order valence-electron chi connectivity index (χ1n) is 6.51. The third-order valence-corrected chi connectivity index (χ3v) is 3.09. The molecule has 108 valence electrons. The summed E-state index contributed by atoms with van der Waals surface area (Å²) in [6.07, 6.45) is -0.250. The van der Waals surface area contributed by atoms with Crippen LogP contribution in [0, 0.1) is 11.2 Å². The zero-order valence-electron chi connectivity index (χ0n) is 12.4. The summed E-state index contributed by atoms with van der Waals surface area (Å²) in [4.78, 5) is 0. The first-order valence-corrected chi connectivity index (χ1v) is 6.51. The van der Waals surface area contributed by atoms with E-state index in [4.69, 9.17) is 15.2 Å². The van der Waals surface area contributed by atoms with Crippen LogP contribution in [0.5, 0.6) is 5.75 Å². The molecule has 0 saturated heterocycles. The second-order valence-corrected chi connectivity index (χ2v) is 5.66. The second-order valence-electron chi connectivity index (χ2n) is 5.66. The summed E-state index contributed by atoms with van der Waals surface area (Å²) in [7, 11) is 1.51. The van der Waals surface area contributed by atoms with Crippen molar-refractivity contribution in [3.63, 3.8) is 0 Å². The molecule has 0 aliphatic carbocycles. The molecule has 1 aromatic rings. The maximum Gasteiger partial charge on any atom is 0.131 e. The van der Waals surface area contributed by atoms with E-state index in [0.717, 1.165) is 0 Å². The maximum atomic E-state index is 14.1. The molecule has 2 unspecified atom stereocenters. The molecule has 2 N–H and O–H groups in total. The van der Waals surface area contributed by atoms with Gasteiger partial charge in [0.1, 0.15) is 11.6 Å². The van der Waals surface area contributed by atoms with Crippen LogP contribution in [0.4, 0.5) is 4.39 Å². The lowest BCUT2D eigenvalue weighted by Gasteiger charge is -2.35. The number of rotatable bonds is 5. The summed E-state index contributed by atoms with van der Waals surface area (Å²) in [5.74, 6) is 0.123. The molecular formula is C15H24FNO2. The number of hydrogen-bond acceptors (Lipinski definition) is 3. The fourth-order valence-corrected chi connectivity index (χ4v) is 2.14. The summed E-state index contributed by atoms with van der Waals surface area (Å²) in [6, 6.07) is 4.22. The average molecular weight is 269 g/mol. The van der Waals surface area contributed by atoms with Gasteiger partial charge in [0.25, 0.3) is 0 Å². The SMILES string of the molecule is CCOC(C(N)c1ccc(OC)cc1F)C(C)(C)C. The minimum atomic E-state index is -0.508. The van der Waals surface area contributed by atoms with Gasteiger partial charge in [-0.2, -0.15) is 0 Å². The Bertz CT molecular complexity index is 415. The van der Waals surface area contributed by atoms with Gasteiger partial charge in [0.15, 0.2) is 0 Å². The highest BCUT2D eigenvalue weighted by molar-refractivity contribution is 5.31. The summed E-state index contributed by atoms with van der Waals surface area (Å²) in [5.41, 5.74) is 6.49. The number of nitrogens with two attached hydrogens (primary N) is 1. The molecule has 0 amide bonds. The van der Waals surface area contributed by atoms with Crippen LogP contribution in [0.3, 0.4) is 0 Å². The Balaban J connectivity index is 3.06. The Morgan fingerprint density at radius 1 is 1.32 bits per heavy atom. The third-order valence-electron chi connectivity index (χ3n) is 3.09. The van der Waals surface area contributed by atoms with Gasteiger partial charge >= 0.3 is 0 Å². The molecule has 1 aromatic carbocycles. The van der Waals surface area contributed by atoms with E-state index in [2.05, 4.69) is 0 Å². The van der Waals surface area contributed by atoms with Gasteiger partial charge in [-0.05, 0) is 18.4 Å². The van der Waals surface area contributed by atoms with Crippen molar-refractivity contribution in [2.45, 2.75) is 39.8 Å². The topological polar surface area (TPSA) is 44.5 Å². The van der Waals surface area contributed by atoms with E-state index >= 15 is 0 Å². The first-order chi connectivity index (χ1) is 8.81. The van der Waals surface area contributed by atoms with Crippen molar-refractivity contribution < 1.29 is 13.9 Å². The number of methoxy groups -OCH3 is 1. The van der Waals surface area contributed by atoms with E-state index in [0.29, 0.717) is 17.9 Å². The van der Waals surface area contributed by atoms with Crippen molar-refractivity contribution in [3.05, 3.63) is 29.6 Å². The molecule has 0 aliphatic heterocycles. The van der Waals surface area contributed by atoms with Gasteiger partial charge in [-0.25, -0.2) is 4.39 Å². The van der Waals surface area contributed by atoms with Gasteiger partial charge in [0.2, 0.25) is 0 Å². The van der Waals surface area contributed by atoms with Crippen LogP contribution in [0.2, 0.25) is 0 Å². The Hall–Kier alpha value is -1.13. The Labute approximate surface area is 114 Å². The standard InChI is InChI=1S/C15H24FNO2/c1-6-19-14(15(2,3)4)13(17)11-8-7-10(18-5)9-12(11)16/h7-9,13-14H,6,17H2,1-5H3. The molecule has 0 fully saturated rings. The van der Waals surface area contributed by atoms with Gasteiger partial charge in [-0.15, -0.1) is 0 Å². The van der Waals surface area contributed by atoms with Crippen LogP contribution in [0.25, 0.3) is 0 Å². The largest absolute Gasteiger partial charge is 0.497 e. The minimum absolute atomic E-state index is 0.165. The van der Waals surface area contributed by atoms with Crippen LogP contribution in [-0.4, -0.2) is 19.8 Å². The lowest BCUT2D eigenvalue weighted by Crippen LogP contribution is -2.39. The quantitative estimate of drug-likeness (QED) is 0.892. The molecule has 3 nitrogen and oxygen atoms in total. The molecule has 1 rings (SSSR count). The summed E-state index contributed by atoms with van der Waals surface area (Å²) in [6.45, 7) is 8.57. The third kappa shape index (κ3) is 3.91. The zero-order valence-corrected chi connectivity index (χ0v) is 12.4. The highest BCUT2D eigenvalue weighted by atomic mass is 19.1. The van der Waals surface area contributed by atoms with E-state index in [-0.39, 0.29) is 17.3 Å². The molecular weight excluding hydrogens is 245 g/mol. The zero-order chi connectivity index (χ0) is 14.6. The lowest BCUT2D eigenvalue weighted by molar-refractivity contribution is -0.0289. The minimum Gasteiger partial charge on any atom is -0.497 e. The van der Waals surface area contributed by atoms with Crippen LogP contribution < -0.4 is 10.5 Å². The van der Waals surface area contributed by atoms with Gasteiger partial charge in [-0.3, -0.25) is 0 Å². The fraction of sp³-hybridized carbons (Fsp3) is 0.600. The smallest absolute Gasteiger partial charge is 0.131 e. The van der Waals surface area contributed by atoms with Crippen LogP contribution in [-0.2, 0) is 4.74 Å². The normalized spacial score (nSPS) is 15.1. The van der Waals surface area contributed by atoms with E-state index in [1.54, 1.807) is 12.1 Å². The summed E-state index contributed by atoms with van der Waals surface area (Å²) in [5, 5.41) is 0. The van der Waals surface area contributed by atoms with Crippen molar-refractivity contribution in [3.8, 4) is 5.75 Å². The number of hydrogen-bond donors (Lipinski definition) is 1. The predicted molar refractivity (Wildman–Crippen MR) is 74.7 cm³/mol. The highest BCUT2D eigenvalue weighted by Crippen LogP contribution is 2.33. The Kier molecular flexibility index (Phi) is 5.32. The molecule has 0 heterocycles. The molecule has 0 spiro atoms. The number of benzene rings is 1. The molecule has 0 saturated carbocycles. The van der Waals surface area contributed by atoms with E-state index in [9.17, 15) is 4.39 Å². The van der Waals surface area contributed by atoms with Gasteiger partial charge < -0.3 is 15.2 Å². The predicted octanol–water partition coefficient (Wildman–Crippen LogP) is 3.29. The average Bonchev–Trinajstić information content (AvgIpc) is 2.33. The fourth-order valence-electron chi connectivity index (χ4n) is 2.14. The maximum absolute atomic E-state index is 14.1. The van der Waals surface area contributed by atoms with Crippen LogP contribution >= 0.6 is 0 Å². The van der Waals surface area contributed by atoms with Crippen LogP contribution in [0.1, 0.15) is 39.3 Å². The summed E-state index contributed by atoms with van der Waals surface area (Å²) < 4.78 is 24.8. The summed E-state index contributed by atoms with van der Waals surface area (Å²) >= 11 is 0. The number of halogens is 1. The van der Waals surface area contributed by atoms with Gasteiger partial charge in [-0.1, -0.05) is 26.8 Å². The van der Waals surface area contributed by atoms with Crippen LogP contribution in [0.15, 0.2) is 18.2 Å². The molecule has 0 aromatic heterocycles. The second kappa shape index (κ2) is 6.35. The highest BCUT2D eigenvalue weighted by Gasteiger charge is 2.33. The first kappa shape index (κ1) is 15.9. The molecule has 0 radical (unpaired) electrons. The molecule has 4 heteroatoms. The van der Waals surface area contributed by atoms with Gasteiger partial charge in [0.05, 0.1) is 19.3 Å². The Morgan fingerprint density at radius 2 is 1.95 bits per heavy atom. The van der Waals surface area contributed by atoms with Crippen molar-refractivity contribution >= 4 is 0 Å². The number of ether oxygens (including phenoxy) is 2. The molecule has 2 atom stereocenters. The monoisotopic (exact) mass is 269 g/mol. The molecule has 0 aliphatic rings. The molecule has 0 bridgehead atoms. The van der Waals surface area contributed by atoms with Crippen molar-refractivity contribution in [2.24, 2.45) is 11.1 Å². The van der Waals surface area contributed by atoms with Crippen molar-refractivity contribution in [1.82, 2.24) is 0 Å². The van der Waals surface area contributed by atoms with E-state index < -0.39 is 6.04 Å². The Morgan fingerprint density at radius 3 is 2.37 bits per heavy atom. The van der Waals surface area contributed by atoms with Crippen molar-refractivity contribution in [1.29, 1.82) is 0 Å².